The Bertz CT molecular complexity index is 734. The van der Waals surface area contributed by atoms with Crippen molar-refractivity contribution in [3.05, 3.63) is 0 Å². The minimum Gasteiger partial charge on any atom is -0.480 e. The molecule has 0 heterocycles. The van der Waals surface area contributed by atoms with Crippen LogP contribution in [0.4, 0.5) is 0 Å². The van der Waals surface area contributed by atoms with E-state index in [2.05, 4.69) is 0 Å². The Morgan fingerprint density at radius 1 is 0.312 bits per heavy atom. The monoisotopic (exact) mass is 464 g/mol. The van der Waals surface area contributed by atoms with E-state index in [0.717, 1.165) is 0 Å². The largest absolute Gasteiger partial charge is 0.480 e. The van der Waals surface area contributed by atoms with E-state index < -0.39 is 95.1 Å². The molecular weight excluding hydrogens is 448 g/mol. The predicted molar refractivity (Wildman–Crippen MR) is 89.3 cm³/mol. The number of hydrogen-bond acceptors (Lipinski definition) is 8. The average molecular weight is 464 g/mol. The van der Waals surface area contributed by atoms with Crippen molar-refractivity contribution in [3.8, 4) is 0 Å². The van der Waals surface area contributed by atoms with Gasteiger partial charge in [0.25, 0.3) is 0 Å². The summed E-state index contributed by atoms with van der Waals surface area (Å²) in [4.78, 5) is 86.9. The van der Waals surface area contributed by atoms with Crippen LogP contribution < -0.4 is 0 Å². The molecule has 0 aromatic heterocycles. The van der Waals surface area contributed by atoms with Gasteiger partial charge in [0.1, 0.15) is 0 Å². The van der Waals surface area contributed by atoms with E-state index >= 15 is 0 Å². The molecule has 0 saturated heterocycles. The zero-order valence-electron chi connectivity index (χ0n) is 15.7. The second kappa shape index (κ2) is 7.78. The van der Waals surface area contributed by atoms with E-state index in [9.17, 15) is 38.4 Å². The van der Waals surface area contributed by atoms with Crippen LogP contribution in [0.25, 0.3) is 0 Å². The number of carbonyl (C=O) groups is 8. The molecule has 2 aliphatic rings. The van der Waals surface area contributed by atoms with E-state index in [-0.39, 0.29) is 0 Å². The summed E-state index contributed by atoms with van der Waals surface area (Å²) in [5, 5.41) is 70.2. The molecule has 0 amide bonds. The Morgan fingerprint density at radius 3 is 0.438 bits per heavy atom. The summed E-state index contributed by atoms with van der Waals surface area (Å²) < 4.78 is 0. The van der Waals surface area contributed by atoms with E-state index in [0.29, 0.717) is 0 Å². The van der Waals surface area contributed by atoms with Crippen molar-refractivity contribution in [3.63, 3.8) is 0 Å². The molecule has 0 aromatic carbocycles. The summed E-state index contributed by atoms with van der Waals surface area (Å²) in [6.07, 6.45) is -2.07. The van der Waals surface area contributed by atoms with Gasteiger partial charge in [-0.05, 0) is 25.7 Å². The number of hydrogen-bond donors (Lipinski definition) is 8. The smallest absolute Gasteiger partial charge is 0.322 e. The van der Waals surface area contributed by atoms with Gasteiger partial charge in [0.2, 0.25) is 0 Å². The fraction of sp³-hybridized carbons (Fsp3) is 0.500. The summed E-state index contributed by atoms with van der Waals surface area (Å²) in [5.74, 6) is -15.6. The lowest BCUT2D eigenvalue weighted by molar-refractivity contribution is -0.211. The minimum atomic E-state index is -2.79. The molecule has 16 nitrogen and oxygen atoms in total. The molecule has 0 aromatic rings. The van der Waals surface area contributed by atoms with E-state index in [1.165, 1.54) is 0 Å². The zero-order chi connectivity index (χ0) is 25.4. The first kappa shape index (κ1) is 25.8. The third kappa shape index (κ3) is 2.75. The molecule has 0 aliphatic heterocycles. The summed E-state index contributed by atoms with van der Waals surface area (Å²) in [6, 6.07) is 0. The first-order chi connectivity index (χ1) is 14.5. The van der Waals surface area contributed by atoms with Crippen LogP contribution in [0.15, 0.2) is 0 Å². The summed E-state index contributed by atoms with van der Waals surface area (Å²) in [6.45, 7) is 0. The van der Waals surface area contributed by atoms with Gasteiger partial charge in [-0.25, -0.2) is 0 Å². The molecule has 2 rings (SSSR count). The third-order valence-electron chi connectivity index (χ3n) is 6.13. The van der Waals surface area contributed by atoms with Crippen LogP contribution in [0.3, 0.4) is 0 Å². The lowest BCUT2D eigenvalue weighted by Gasteiger charge is -2.47. The summed E-state index contributed by atoms with van der Waals surface area (Å²) in [5.41, 5.74) is -11.1. The van der Waals surface area contributed by atoms with Crippen molar-refractivity contribution >= 4 is 47.8 Å². The molecule has 16 heteroatoms. The second-order valence-electron chi connectivity index (χ2n) is 7.06. The molecule has 0 atom stereocenters. The molecule has 0 unspecified atom stereocenters. The first-order valence-corrected chi connectivity index (χ1v) is 8.34. The van der Waals surface area contributed by atoms with Crippen molar-refractivity contribution in [2.24, 2.45) is 21.7 Å². The van der Waals surface area contributed by atoms with E-state index in [4.69, 9.17) is 40.9 Å². The Kier molecular flexibility index (Phi) is 6.28. The van der Waals surface area contributed by atoms with Crippen molar-refractivity contribution in [1.29, 1.82) is 0 Å². The number of aliphatic carboxylic acids is 8. The van der Waals surface area contributed by atoms with Gasteiger partial charge in [0.05, 0.1) is 0 Å². The average Bonchev–Trinajstić information content (AvgIpc) is 2.51. The van der Waals surface area contributed by atoms with Gasteiger partial charge < -0.3 is 40.9 Å². The van der Waals surface area contributed by atoms with Crippen LogP contribution in [-0.2, 0) is 38.4 Å². The van der Waals surface area contributed by atoms with Gasteiger partial charge in [-0.3, -0.25) is 38.4 Å². The van der Waals surface area contributed by atoms with Gasteiger partial charge in [-0.2, -0.15) is 0 Å². The summed E-state index contributed by atoms with van der Waals surface area (Å²) in [7, 11) is 0. The Morgan fingerprint density at radius 2 is 0.406 bits per heavy atom. The first-order valence-electron chi connectivity index (χ1n) is 8.34. The van der Waals surface area contributed by atoms with Crippen molar-refractivity contribution < 1.29 is 79.2 Å². The van der Waals surface area contributed by atoms with E-state index in [1.54, 1.807) is 0 Å². The third-order valence-corrected chi connectivity index (χ3v) is 6.13. The number of rotatable bonds is 8. The van der Waals surface area contributed by atoms with Crippen LogP contribution in [0.2, 0.25) is 0 Å². The Labute approximate surface area is 175 Å². The molecule has 176 valence electrons. The lowest BCUT2D eigenvalue weighted by Crippen LogP contribution is -2.67. The Balaban J connectivity index is 0.000000320. The molecule has 8 N–H and O–H groups in total. The quantitative estimate of drug-likeness (QED) is 0.183. The summed E-state index contributed by atoms with van der Waals surface area (Å²) >= 11 is 0. The predicted octanol–water partition coefficient (Wildman–Crippen LogP) is -1.82. The standard InChI is InChI=1S/2C8H8O8/c2*9-3(10)7(4(11)12)1-2-8(7,5(13)14)6(15)16/h2*1-2H2,(H,9,10)(H,11,12)(H,13,14)(H,15,16). The van der Waals surface area contributed by atoms with Crippen LogP contribution in [-0.4, -0.2) is 88.6 Å². The van der Waals surface area contributed by atoms with Crippen molar-refractivity contribution in [1.82, 2.24) is 0 Å². The molecule has 0 radical (unpaired) electrons. The number of carboxylic acid groups (broad SMARTS) is 8. The Hall–Kier alpha value is -4.24. The fourth-order valence-corrected chi connectivity index (χ4v) is 3.93. The van der Waals surface area contributed by atoms with Gasteiger partial charge >= 0.3 is 47.8 Å². The highest BCUT2D eigenvalue weighted by molar-refractivity contribution is 6.15. The molecule has 2 aliphatic carbocycles. The molecule has 32 heavy (non-hydrogen) atoms. The van der Waals surface area contributed by atoms with Crippen LogP contribution >= 0.6 is 0 Å². The zero-order valence-corrected chi connectivity index (χ0v) is 15.7. The molecular formula is C16H16O16. The number of carboxylic acids is 8. The fourth-order valence-electron chi connectivity index (χ4n) is 3.93. The maximum Gasteiger partial charge on any atom is 0.322 e. The van der Waals surface area contributed by atoms with Gasteiger partial charge in [-0.15, -0.1) is 0 Å². The van der Waals surface area contributed by atoms with Gasteiger partial charge in [-0.1, -0.05) is 0 Å². The SMILES string of the molecule is O=C(O)C1(C(=O)O)CCC1(C(=O)O)C(=O)O.O=C(O)C1(C(=O)O)CCC1(C(=O)O)C(=O)O. The van der Waals surface area contributed by atoms with Crippen LogP contribution in [0.1, 0.15) is 25.7 Å². The molecule has 2 saturated carbocycles. The topological polar surface area (TPSA) is 298 Å². The maximum absolute atomic E-state index is 10.9. The molecule has 0 spiro atoms. The molecule has 2 fully saturated rings. The highest BCUT2D eigenvalue weighted by Crippen LogP contribution is 2.58. The van der Waals surface area contributed by atoms with Crippen molar-refractivity contribution in [2.75, 3.05) is 0 Å². The van der Waals surface area contributed by atoms with Gasteiger partial charge in [0, 0.05) is 0 Å². The molecule has 0 bridgehead atoms. The second-order valence-corrected chi connectivity index (χ2v) is 7.06. The lowest BCUT2D eigenvalue weighted by atomic mass is 9.49. The van der Waals surface area contributed by atoms with Gasteiger partial charge in [0.15, 0.2) is 21.7 Å². The van der Waals surface area contributed by atoms with E-state index in [1.807, 2.05) is 0 Å². The highest BCUT2D eigenvalue weighted by atomic mass is 16.4. The minimum absolute atomic E-state index is 0.518. The van der Waals surface area contributed by atoms with Crippen LogP contribution in [0, 0.1) is 21.7 Å². The van der Waals surface area contributed by atoms with Crippen LogP contribution in [0.5, 0.6) is 0 Å². The normalized spacial score (nSPS) is 20.5. The van der Waals surface area contributed by atoms with Crippen molar-refractivity contribution in [2.45, 2.75) is 25.7 Å². The maximum atomic E-state index is 10.9. The highest BCUT2D eigenvalue weighted by Gasteiger charge is 2.78.